The van der Waals surface area contributed by atoms with E-state index in [9.17, 15) is 9.90 Å². The van der Waals surface area contributed by atoms with Crippen molar-refractivity contribution in [3.8, 4) is 0 Å². The molecule has 1 atom stereocenters. The highest BCUT2D eigenvalue weighted by molar-refractivity contribution is 5.97. The SMILES string of the molecule is CC(C)c1ccc(C(=O)CN2CCCC2CO)cc1. The van der Waals surface area contributed by atoms with Gasteiger partial charge in [0.05, 0.1) is 13.2 Å². The number of ketones is 1. The van der Waals surface area contributed by atoms with E-state index in [1.165, 1.54) is 5.56 Å². The van der Waals surface area contributed by atoms with Crippen LogP contribution in [0.25, 0.3) is 0 Å². The van der Waals surface area contributed by atoms with Crippen molar-refractivity contribution in [2.24, 2.45) is 0 Å². The predicted octanol–water partition coefficient (Wildman–Crippen LogP) is 2.45. The normalized spacial score (nSPS) is 20.1. The third kappa shape index (κ3) is 3.43. The van der Waals surface area contributed by atoms with Gasteiger partial charge >= 0.3 is 0 Å². The smallest absolute Gasteiger partial charge is 0.176 e. The number of aliphatic hydroxyl groups is 1. The van der Waals surface area contributed by atoms with Gasteiger partial charge in [-0.05, 0) is 30.9 Å². The van der Waals surface area contributed by atoms with Crippen molar-refractivity contribution in [3.63, 3.8) is 0 Å². The monoisotopic (exact) mass is 261 g/mol. The summed E-state index contributed by atoms with van der Waals surface area (Å²) >= 11 is 0. The molecule has 0 amide bonds. The lowest BCUT2D eigenvalue weighted by Crippen LogP contribution is -2.36. The van der Waals surface area contributed by atoms with Crippen molar-refractivity contribution < 1.29 is 9.90 Å². The van der Waals surface area contributed by atoms with Crippen molar-refractivity contribution in [2.45, 2.75) is 38.6 Å². The summed E-state index contributed by atoms with van der Waals surface area (Å²) in [6, 6.07) is 8.07. The van der Waals surface area contributed by atoms with Crippen LogP contribution >= 0.6 is 0 Å². The molecule has 1 N–H and O–H groups in total. The van der Waals surface area contributed by atoms with E-state index in [0.717, 1.165) is 24.9 Å². The van der Waals surface area contributed by atoms with Gasteiger partial charge in [0.2, 0.25) is 0 Å². The Morgan fingerprint density at radius 3 is 2.63 bits per heavy atom. The fraction of sp³-hybridized carbons (Fsp3) is 0.562. The summed E-state index contributed by atoms with van der Waals surface area (Å²) in [7, 11) is 0. The number of benzene rings is 1. The van der Waals surface area contributed by atoms with Gasteiger partial charge in [-0.2, -0.15) is 0 Å². The zero-order valence-electron chi connectivity index (χ0n) is 11.8. The Kier molecular flexibility index (Phi) is 4.72. The molecule has 1 aliphatic rings. The van der Waals surface area contributed by atoms with Crippen molar-refractivity contribution in [1.82, 2.24) is 4.90 Å². The minimum atomic E-state index is 0.149. The number of Topliss-reactive ketones (excluding diaryl/α,β-unsaturated/α-hetero) is 1. The second-order valence-electron chi connectivity index (χ2n) is 5.65. The Morgan fingerprint density at radius 1 is 1.37 bits per heavy atom. The van der Waals surface area contributed by atoms with E-state index >= 15 is 0 Å². The molecule has 3 nitrogen and oxygen atoms in total. The maximum Gasteiger partial charge on any atom is 0.176 e. The first-order valence-corrected chi connectivity index (χ1v) is 7.10. The van der Waals surface area contributed by atoms with Crippen LogP contribution in [0.5, 0.6) is 0 Å². The highest BCUT2D eigenvalue weighted by Crippen LogP contribution is 2.18. The number of likely N-dealkylation sites (tertiary alicyclic amines) is 1. The van der Waals surface area contributed by atoms with Gasteiger partial charge in [0, 0.05) is 11.6 Å². The molecular formula is C16H23NO2. The highest BCUT2D eigenvalue weighted by Gasteiger charge is 2.25. The predicted molar refractivity (Wildman–Crippen MR) is 76.5 cm³/mol. The van der Waals surface area contributed by atoms with Gasteiger partial charge in [-0.1, -0.05) is 38.1 Å². The summed E-state index contributed by atoms with van der Waals surface area (Å²) in [6.07, 6.45) is 2.07. The molecule has 0 aromatic heterocycles. The number of hydrogen-bond acceptors (Lipinski definition) is 3. The second kappa shape index (κ2) is 6.31. The highest BCUT2D eigenvalue weighted by atomic mass is 16.3. The molecule has 1 unspecified atom stereocenters. The molecule has 0 radical (unpaired) electrons. The molecule has 1 heterocycles. The summed E-state index contributed by atoms with van der Waals surface area (Å²) < 4.78 is 0. The van der Waals surface area contributed by atoms with Gasteiger partial charge in [0.1, 0.15) is 0 Å². The molecule has 1 aromatic rings. The van der Waals surface area contributed by atoms with Crippen LogP contribution in [0.4, 0.5) is 0 Å². The zero-order valence-corrected chi connectivity index (χ0v) is 11.8. The van der Waals surface area contributed by atoms with Gasteiger partial charge in [0.25, 0.3) is 0 Å². The summed E-state index contributed by atoms with van der Waals surface area (Å²) in [5, 5.41) is 9.26. The fourth-order valence-electron chi connectivity index (χ4n) is 2.64. The molecule has 1 fully saturated rings. The summed E-state index contributed by atoms with van der Waals surface area (Å²) in [5.41, 5.74) is 2.03. The molecule has 0 saturated carbocycles. The van der Waals surface area contributed by atoms with Crippen LogP contribution in [0.2, 0.25) is 0 Å². The van der Waals surface area contributed by atoms with Crippen molar-refractivity contribution in [3.05, 3.63) is 35.4 Å². The van der Waals surface area contributed by atoms with E-state index in [4.69, 9.17) is 0 Å². The summed E-state index contributed by atoms with van der Waals surface area (Å²) in [5.74, 6) is 0.636. The maximum absolute atomic E-state index is 12.2. The van der Waals surface area contributed by atoms with Crippen LogP contribution in [0.3, 0.4) is 0 Å². The van der Waals surface area contributed by atoms with E-state index in [-0.39, 0.29) is 18.4 Å². The van der Waals surface area contributed by atoms with Crippen LogP contribution in [0, 0.1) is 0 Å². The van der Waals surface area contributed by atoms with Gasteiger partial charge in [-0.15, -0.1) is 0 Å². The third-order valence-corrected chi connectivity index (χ3v) is 3.96. The molecule has 1 saturated heterocycles. The minimum absolute atomic E-state index is 0.149. The molecule has 0 aliphatic carbocycles. The number of rotatable bonds is 5. The maximum atomic E-state index is 12.2. The lowest BCUT2D eigenvalue weighted by atomic mass is 10.0. The number of carbonyl (C=O) groups excluding carboxylic acids is 1. The fourth-order valence-corrected chi connectivity index (χ4v) is 2.64. The molecule has 3 heteroatoms. The average Bonchev–Trinajstić information content (AvgIpc) is 2.86. The first kappa shape index (κ1) is 14.2. The minimum Gasteiger partial charge on any atom is -0.395 e. The zero-order chi connectivity index (χ0) is 13.8. The molecular weight excluding hydrogens is 238 g/mol. The van der Waals surface area contributed by atoms with Crippen LogP contribution in [-0.2, 0) is 0 Å². The number of aliphatic hydroxyl groups excluding tert-OH is 1. The Balaban J connectivity index is 1.99. The third-order valence-electron chi connectivity index (χ3n) is 3.96. The molecule has 0 spiro atoms. The van der Waals surface area contributed by atoms with Crippen LogP contribution in [-0.4, -0.2) is 41.5 Å². The number of nitrogens with zero attached hydrogens (tertiary/aromatic N) is 1. The van der Waals surface area contributed by atoms with E-state index < -0.39 is 0 Å². The van der Waals surface area contributed by atoms with Gasteiger partial charge < -0.3 is 5.11 Å². The second-order valence-corrected chi connectivity index (χ2v) is 5.65. The Morgan fingerprint density at radius 2 is 2.05 bits per heavy atom. The first-order chi connectivity index (χ1) is 9.11. The first-order valence-electron chi connectivity index (χ1n) is 7.10. The summed E-state index contributed by atoms with van der Waals surface area (Å²) in [6.45, 7) is 5.78. The lowest BCUT2D eigenvalue weighted by molar-refractivity contribution is 0.0888. The average molecular weight is 261 g/mol. The number of hydrogen-bond donors (Lipinski definition) is 1. The molecule has 104 valence electrons. The summed E-state index contributed by atoms with van der Waals surface area (Å²) in [4.78, 5) is 14.3. The molecule has 1 aliphatic heterocycles. The van der Waals surface area contributed by atoms with Crippen molar-refractivity contribution in [1.29, 1.82) is 0 Å². The molecule has 0 bridgehead atoms. The Hall–Kier alpha value is -1.19. The molecule has 2 rings (SSSR count). The topological polar surface area (TPSA) is 40.5 Å². The van der Waals surface area contributed by atoms with Crippen LogP contribution in [0.1, 0.15) is 48.5 Å². The van der Waals surface area contributed by atoms with E-state index in [1.807, 2.05) is 24.3 Å². The van der Waals surface area contributed by atoms with E-state index in [0.29, 0.717) is 12.5 Å². The van der Waals surface area contributed by atoms with Gasteiger partial charge in [0.15, 0.2) is 5.78 Å². The standard InChI is InChI=1S/C16H23NO2/c1-12(2)13-5-7-14(8-6-13)16(19)10-17-9-3-4-15(17)11-18/h5-8,12,15,18H,3-4,9-11H2,1-2H3. The van der Waals surface area contributed by atoms with Crippen LogP contribution < -0.4 is 0 Å². The quantitative estimate of drug-likeness (QED) is 0.828. The largest absolute Gasteiger partial charge is 0.395 e. The molecule has 19 heavy (non-hydrogen) atoms. The van der Waals surface area contributed by atoms with Crippen LogP contribution in [0.15, 0.2) is 24.3 Å². The van der Waals surface area contributed by atoms with E-state index in [2.05, 4.69) is 18.7 Å². The Labute approximate surface area is 115 Å². The van der Waals surface area contributed by atoms with Gasteiger partial charge in [-0.25, -0.2) is 0 Å². The van der Waals surface area contributed by atoms with Crippen molar-refractivity contribution >= 4 is 5.78 Å². The molecule has 1 aromatic carbocycles. The number of carbonyl (C=O) groups is 1. The lowest BCUT2D eigenvalue weighted by Gasteiger charge is -2.21. The van der Waals surface area contributed by atoms with Crippen molar-refractivity contribution in [2.75, 3.05) is 19.7 Å². The van der Waals surface area contributed by atoms with Gasteiger partial charge in [-0.3, -0.25) is 9.69 Å². The Bertz CT molecular complexity index is 425. The van der Waals surface area contributed by atoms with E-state index in [1.54, 1.807) is 0 Å².